The molecule has 9 heteroatoms. The van der Waals surface area contributed by atoms with Crippen molar-refractivity contribution in [3.8, 4) is 11.4 Å². The molecule has 4 rings (SSSR count). The zero-order valence-electron chi connectivity index (χ0n) is 11.6. The van der Waals surface area contributed by atoms with E-state index >= 15 is 0 Å². The highest BCUT2D eigenvalue weighted by Crippen LogP contribution is 2.30. The van der Waals surface area contributed by atoms with Crippen molar-refractivity contribution in [2.24, 2.45) is 0 Å². The van der Waals surface area contributed by atoms with E-state index < -0.39 is 0 Å². The van der Waals surface area contributed by atoms with Gasteiger partial charge in [0.2, 0.25) is 11.7 Å². The van der Waals surface area contributed by atoms with Crippen LogP contribution in [-0.2, 0) is 0 Å². The lowest BCUT2D eigenvalue weighted by Crippen LogP contribution is -2.48. The molecule has 1 amide bonds. The molecule has 4 heterocycles. The van der Waals surface area contributed by atoms with Crippen LogP contribution < -0.4 is 0 Å². The first-order valence-corrected chi connectivity index (χ1v) is 8.38. The number of carbonyl (C=O) groups excluding carboxylic acids is 1. The molecule has 1 aliphatic heterocycles. The maximum Gasteiger partial charge on any atom is 0.267 e. The summed E-state index contributed by atoms with van der Waals surface area (Å²) >= 11 is 2.72. The Morgan fingerprint density at radius 2 is 2.32 bits per heavy atom. The van der Waals surface area contributed by atoms with Crippen molar-refractivity contribution < 1.29 is 9.32 Å². The number of aromatic nitrogens is 4. The number of amides is 1. The first-order chi connectivity index (χ1) is 10.7. The van der Waals surface area contributed by atoms with Crippen molar-refractivity contribution in [3.63, 3.8) is 0 Å². The zero-order valence-corrected chi connectivity index (χ0v) is 13.2. The number of hydrogen-bond donors (Lipinski definition) is 0. The lowest BCUT2D eigenvalue weighted by Gasteiger charge is -2.36. The van der Waals surface area contributed by atoms with E-state index in [2.05, 4.69) is 19.7 Å². The third kappa shape index (κ3) is 2.22. The van der Waals surface area contributed by atoms with Gasteiger partial charge in [0.25, 0.3) is 5.91 Å². The Kier molecular flexibility index (Phi) is 3.23. The average molecular weight is 333 g/mol. The van der Waals surface area contributed by atoms with E-state index in [0.29, 0.717) is 35.4 Å². The van der Waals surface area contributed by atoms with Crippen molar-refractivity contribution in [2.45, 2.75) is 12.8 Å². The van der Waals surface area contributed by atoms with Crippen molar-refractivity contribution in [1.29, 1.82) is 0 Å². The Bertz CT molecular complexity index is 804. The Labute approximate surface area is 133 Å². The first-order valence-electron chi connectivity index (χ1n) is 6.67. The van der Waals surface area contributed by atoms with Gasteiger partial charge in [0.15, 0.2) is 0 Å². The normalized spacial score (nSPS) is 15.0. The molecular formula is C13H11N5O2S2. The predicted molar refractivity (Wildman–Crippen MR) is 80.9 cm³/mol. The number of thiophene rings is 1. The summed E-state index contributed by atoms with van der Waals surface area (Å²) < 4.78 is 9.12. The van der Waals surface area contributed by atoms with Crippen LogP contribution in [0.2, 0.25) is 0 Å². The fourth-order valence-electron chi connectivity index (χ4n) is 2.28. The number of nitrogens with zero attached hydrogens (tertiary/aromatic N) is 5. The van der Waals surface area contributed by atoms with E-state index in [9.17, 15) is 4.79 Å². The van der Waals surface area contributed by atoms with Gasteiger partial charge in [0.05, 0.1) is 11.6 Å². The standard InChI is InChI=1S/C13H11N5O2S2/c1-7-10(22-17-15-7)13(19)18-4-9(5-18)12-14-11(16-20-12)8-2-3-21-6-8/h2-3,6,9H,4-5H2,1H3. The van der Waals surface area contributed by atoms with E-state index in [4.69, 9.17) is 4.52 Å². The summed E-state index contributed by atoms with van der Waals surface area (Å²) in [5, 5.41) is 11.8. The van der Waals surface area contributed by atoms with Gasteiger partial charge < -0.3 is 9.42 Å². The molecule has 0 spiro atoms. The van der Waals surface area contributed by atoms with Crippen LogP contribution in [0.1, 0.15) is 27.2 Å². The van der Waals surface area contributed by atoms with Gasteiger partial charge in [0.1, 0.15) is 4.88 Å². The number of likely N-dealkylation sites (tertiary alicyclic amines) is 1. The van der Waals surface area contributed by atoms with Crippen LogP contribution in [0.15, 0.2) is 21.3 Å². The molecule has 0 N–H and O–H groups in total. The molecule has 1 aliphatic rings. The minimum atomic E-state index is -0.0266. The molecule has 0 atom stereocenters. The first kappa shape index (κ1) is 13.5. The predicted octanol–water partition coefficient (Wildman–Crippen LogP) is 2.20. The molecular weight excluding hydrogens is 322 g/mol. The van der Waals surface area contributed by atoms with Crippen LogP contribution in [0.3, 0.4) is 0 Å². The molecule has 0 unspecified atom stereocenters. The average Bonchev–Trinajstić information content (AvgIpc) is 3.17. The topological polar surface area (TPSA) is 85.0 Å². The summed E-state index contributed by atoms with van der Waals surface area (Å²) in [4.78, 5) is 19.0. The molecule has 0 bridgehead atoms. The fourth-order valence-corrected chi connectivity index (χ4v) is 3.54. The van der Waals surface area contributed by atoms with Gasteiger partial charge in [0, 0.05) is 24.0 Å². The van der Waals surface area contributed by atoms with E-state index in [1.165, 1.54) is 0 Å². The third-order valence-corrected chi connectivity index (χ3v) is 5.08. The summed E-state index contributed by atoms with van der Waals surface area (Å²) in [6, 6.07) is 1.95. The maximum absolute atomic E-state index is 12.3. The number of rotatable bonds is 3. The molecule has 1 fully saturated rings. The molecule has 0 radical (unpaired) electrons. The minimum absolute atomic E-state index is 0.0266. The Balaban J connectivity index is 1.43. The summed E-state index contributed by atoms with van der Waals surface area (Å²) in [5.74, 6) is 1.26. The largest absolute Gasteiger partial charge is 0.339 e. The summed E-state index contributed by atoms with van der Waals surface area (Å²) in [6.07, 6.45) is 0. The molecule has 0 aromatic carbocycles. The Morgan fingerprint density at radius 3 is 3.00 bits per heavy atom. The van der Waals surface area contributed by atoms with Crippen molar-refractivity contribution in [1.82, 2.24) is 24.6 Å². The lowest BCUT2D eigenvalue weighted by molar-refractivity contribution is 0.0573. The second-order valence-corrected chi connectivity index (χ2v) is 6.60. The smallest absolute Gasteiger partial charge is 0.267 e. The highest BCUT2D eigenvalue weighted by molar-refractivity contribution is 7.08. The van der Waals surface area contributed by atoms with E-state index in [1.807, 2.05) is 16.8 Å². The van der Waals surface area contributed by atoms with Gasteiger partial charge in [-0.2, -0.15) is 16.3 Å². The minimum Gasteiger partial charge on any atom is -0.339 e. The summed E-state index contributed by atoms with van der Waals surface area (Å²) in [5.41, 5.74) is 1.63. The molecule has 3 aromatic heterocycles. The van der Waals surface area contributed by atoms with Crippen molar-refractivity contribution in [2.75, 3.05) is 13.1 Å². The molecule has 3 aromatic rings. The van der Waals surface area contributed by atoms with Crippen molar-refractivity contribution in [3.05, 3.63) is 33.3 Å². The van der Waals surface area contributed by atoms with Gasteiger partial charge in [-0.1, -0.05) is 9.64 Å². The summed E-state index contributed by atoms with van der Waals surface area (Å²) in [6.45, 7) is 2.96. The number of hydrogen-bond acceptors (Lipinski definition) is 8. The second-order valence-electron chi connectivity index (χ2n) is 5.06. The molecule has 22 heavy (non-hydrogen) atoms. The van der Waals surface area contributed by atoms with Gasteiger partial charge in [-0.25, -0.2) is 0 Å². The highest BCUT2D eigenvalue weighted by atomic mass is 32.1. The monoisotopic (exact) mass is 333 g/mol. The van der Waals surface area contributed by atoms with E-state index in [-0.39, 0.29) is 11.8 Å². The number of carbonyl (C=O) groups is 1. The molecule has 112 valence electrons. The van der Waals surface area contributed by atoms with Crippen LogP contribution in [0.5, 0.6) is 0 Å². The SMILES string of the molecule is Cc1nnsc1C(=O)N1CC(c2nc(-c3ccsc3)no2)C1. The summed E-state index contributed by atoms with van der Waals surface area (Å²) in [7, 11) is 0. The van der Waals surface area contributed by atoms with Crippen molar-refractivity contribution >= 4 is 28.8 Å². The molecule has 0 saturated carbocycles. The fraction of sp³-hybridized carbons (Fsp3) is 0.308. The van der Waals surface area contributed by atoms with Crippen LogP contribution in [0.25, 0.3) is 11.4 Å². The van der Waals surface area contributed by atoms with Gasteiger partial charge in [-0.3, -0.25) is 4.79 Å². The zero-order chi connectivity index (χ0) is 15.1. The molecule has 7 nitrogen and oxygen atoms in total. The quantitative estimate of drug-likeness (QED) is 0.730. The second kappa shape index (κ2) is 5.25. The van der Waals surface area contributed by atoms with Gasteiger partial charge in [-0.05, 0) is 29.9 Å². The van der Waals surface area contributed by atoms with Crippen LogP contribution in [0, 0.1) is 6.92 Å². The van der Waals surface area contributed by atoms with Crippen LogP contribution in [-0.4, -0.2) is 43.6 Å². The van der Waals surface area contributed by atoms with E-state index in [0.717, 1.165) is 17.1 Å². The highest BCUT2D eigenvalue weighted by Gasteiger charge is 2.37. The van der Waals surface area contributed by atoms with Crippen LogP contribution in [0.4, 0.5) is 0 Å². The maximum atomic E-state index is 12.3. The van der Waals surface area contributed by atoms with Gasteiger partial charge >= 0.3 is 0 Å². The van der Waals surface area contributed by atoms with E-state index in [1.54, 1.807) is 23.2 Å². The molecule has 1 saturated heterocycles. The lowest BCUT2D eigenvalue weighted by atomic mass is 10.00. The Hall–Kier alpha value is -2.13. The van der Waals surface area contributed by atoms with Gasteiger partial charge in [-0.15, -0.1) is 5.10 Å². The third-order valence-electron chi connectivity index (χ3n) is 3.58. The number of aryl methyl sites for hydroxylation is 1. The van der Waals surface area contributed by atoms with Crippen LogP contribution >= 0.6 is 22.9 Å². The molecule has 0 aliphatic carbocycles. The Morgan fingerprint density at radius 1 is 1.45 bits per heavy atom.